The monoisotopic (exact) mass is 392 g/mol. The number of amides is 2. The Morgan fingerprint density at radius 1 is 1.00 bits per heavy atom. The van der Waals surface area contributed by atoms with Gasteiger partial charge in [-0.2, -0.15) is 0 Å². The number of aliphatic hydroxyl groups excluding tert-OH is 1. The van der Waals surface area contributed by atoms with Crippen LogP contribution in [0.5, 0.6) is 5.75 Å². The molecule has 0 radical (unpaired) electrons. The molecule has 3 aromatic rings. The largest absolute Gasteiger partial charge is 0.490 e. The zero-order valence-electron chi connectivity index (χ0n) is 15.1. The smallest absolute Gasteiger partial charge is 0.282 e. The molecule has 0 spiro atoms. The normalized spacial score (nSPS) is 14.2. The van der Waals surface area contributed by atoms with Crippen molar-refractivity contribution < 1.29 is 24.4 Å². The van der Waals surface area contributed by atoms with Crippen molar-refractivity contribution in [2.45, 2.75) is 6.10 Å². The molecule has 1 heterocycles. The van der Waals surface area contributed by atoms with Gasteiger partial charge in [0.1, 0.15) is 24.0 Å². The number of ether oxygens (including phenoxy) is 1. The molecule has 1 aliphatic rings. The van der Waals surface area contributed by atoms with Crippen LogP contribution in [0.15, 0.2) is 60.7 Å². The minimum Gasteiger partial charge on any atom is -0.490 e. The van der Waals surface area contributed by atoms with Crippen LogP contribution in [0.25, 0.3) is 10.8 Å². The van der Waals surface area contributed by atoms with E-state index >= 15 is 0 Å². The van der Waals surface area contributed by atoms with Gasteiger partial charge < -0.3 is 9.84 Å². The molecule has 1 atom stereocenters. The minimum absolute atomic E-state index is 0.0358. The molecular formula is C21H16N2O6. The Balaban J connectivity index is 1.48. The number of nitrogens with zero attached hydrogens (tertiary/aromatic N) is 2. The van der Waals surface area contributed by atoms with Crippen LogP contribution in [0.3, 0.4) is 0 Å². The van der Waals surface area contributed by atoms with E-state index in [2.05, 4.69) is 0 Å². The average molecular weight is 392 g/mol. The summed E-state index contributed by atoms with van der Waals surface area (Å²) in [5.74, 6) is -0.889. The molecule has 3 aromatic carbocycles. The minimum atomic E-state index is -1.16. The van der Waals surface area contributed by atoms with Gasteiger partial charge in [-0.25, -0.2) is 0 Å². The van der Waals surface area contributed by atoms with Gasteiger partial charge in [0.05, 0.1) is 17.0 Å². The van der Waals surface area contributed by atoms with E-state index in [1.165, 1.54) is 18.2 Å². The van der Waals surface area contributed by atoms with Gasteiger partial charge in [0.15, 0.2) is 0 Å². The first-order valence-corrected chi connectivity index (χ1v) is 8.89. The molecule has 4 rings (SSSR count). The van der Waals surface area contributed by atoms with Crippen LogP contribution in [-0.4, -0.2) is 46.0 Å². The van der Waals surface area contributed by atoms with E-state index in [-0.39, 0.29) is 24.3 Å². The van der Waals surface area contributed by atoms with Gasteiger partial charge >= 0.3 is 0 Å². The van der Waals surface area contributed by atoms with Crippen molar-refractivity contribution >= 4 is 28.3 Å². The number of carbonyl (C=O) groups excluding carboxylic acids is 2. The summed E-state index contributed by atoms with van der Waals surface area (Å²) in [6, 6.07) is 17.0. The van der Waals surface area contributed by atoms with Gasteiger partial charge in [0.2, 0.25) is 0 Å². The number of nitro groups is 1. The molecule has 0 bridgehead atoms. The molecule has 8 heteroatoms. The molecule has 0 saturated carbocycles. The van der Waals surface area contributed by atoms with Crippen molar-refractivity contribution in [2.24, 2.45) is 0 Å². The third-order valence-corrected chi connectivity index (χ3v) is 4.75. The summed E-state index contributed by atoms with van der Waals surface area (Å²) in [5.41, 5.74) is -0.708. The molecule has 0 aliphatic carbocycles. The van der Waals surface area contributed by atoms with Gasteiger partial charge in [-0.05, 0) is 17.5 Å². The Morgan fingerprint density at radius 3 is 2.52 bits per heavy atom. The van der Waals surface area contributed by atoms with Crippen molar-refractivity contribution in [1.29, 1.82) is 0 Å². The zero-order chi connectivity index (χ0) is 20.5. The Morgan fingerprint density at radius 2 is 1.72 bits per heavy atom. The number of hydrogen-bond donors (Lipinski definition) is 1. The highest BCUT2D eigenvalue weighted by molar-refractivity contribution is 6.23. The first kappa shape index (κ1) is 18.6. The second-order valence-electron chi connectivity index (χ2n) is 6.62. The van der Waals surface area contributed by atoms with E-state index in [1.54, 1.807) is 6.07 Å². The highest BCUT2D eigenvalue weighted by Gasteiger charge is 2.41. The van der Waals surface area contributed by atoms with Crippen molar-refractivity contribution in [1.82, 2.24) is 4.90 Å². The van der Waals surface area contributed by atoms with E-state index in [4.69, 9.17) is 4.74 Å². The number of rotatable bonds is 6. The van der Waals surface area contributed by atoms with Crippen LogP contribution in [0, 0.1) is 10.1 Å². The highest BCUT2D eigenvalue weighted by atomic mass is 16.6. The van der Waals surface area contributed by atoms with Crippen molar-refractivity contribution in [3.8, 4) is 5.75 Å². The lowest BCUT2D eigenvalue weighted by Gasteiger charge is -2.19. The van der Waals surface area contributed by atoms with Crippen molar-refractivity contribution in [3.63, 3.8) is 0 Å². The predicted molar refractivity (Wildman–Crippen MR) is 104 cm³/mol. The van der Waals surface area contributed by atoms with E-state index < -0.39 is 28.5 Å². The Labute approximate surface area is 165 Å². The van der Waals surface area contributed by atoms with Gasteiger partial charge in [-0.15, -0.1) is 0 Å². The molecule has 1 aliphatic heterocycles. The van der Waals surface area contributed by atoms with Crippen molar-refractivity contribution in [3.05, 3.63) is 81.9 Å². The number of benzene rings is 3. The number of imide groups is 1. The molecule has 29 heavy (non-hydrogen) atoms. The van der Waals surface area contributed by atoms with Crippen LogP contribution in [-0.2, 0) is 0 Å². The third kappa shape index (κ3) is 3.30. The van der Waals surface area contributed by atoms with Crippen molar-refractivity contribution in [2.75, 3.05) is 13.2 Å². The first-order chi connectivity index (χ1) is 14.0. The number of carbonyl (C=O) groups is 2. The second kappa shape index (κ2) is 7.33. The maximum atomic E-state index is 12.6. The summed E-state index contributed by atoms with van der Waals surface area (Å²) in [6.45, 7) is -0.474. The van der Waals surface area contributed by atoms with E-state index in [1.807, 2.05) is 36.4 Å². The van der Waals surface area contributed by atoms with Crippen LogP contribution >= 0.6 is 0 Å². The summed E-state index contributed by atoms with van der Waals surface area (Å²) in [7, 11) is 0. The SMILES string of the molecule is O=C1c2cccc([N+](=O)[O-])c2C(=O)N1C[C@H](O)COc1cccc2ccccc12. The zero-order valence-corrected chi connectivity index (χ0v) is 15.1. The molecular weight excluding hydrogens is 376 g/mol. The predicted octanol–water partition coefficient (Wildman–Crippen LogP) is 2.78. The number of nitro benzene ring substituents is 1. The lowest BCUT2D eigenvalue weighted by molar-refractivity contribution is -0.385. The molecule has 0 saturated heterocycles. The van der Waals surface area contributed by atoms with E-state index in [0.717, 1.165) is 15.7 Å². The van der Waals surface area contributed by atoms with E-state index in [0.29, 0.717) is 5.75 Å². The quantitative estimate of drug-likeness (QED) is 0.392. The Hall–Kier alpha value is -3.78. The average Bonchev–Trinajstić information content (AvgIpc) is 2.97. The number of hydrogen-bond acceptors (Lipinski definition) is 6. The fourth-order valence-electron chi connectivity index (χ4n) is 3.40. The van der Waals surface area contributed by atoms with E-state index in [9.17, 15) is 24.8 Å². The lowest BCUT2D eigenvalue weighted by atomic mass is 10.1. The maximum Gasteiger partial charge on any atom is 0.282 e. The summed E-state index contributed by atoms with van der Waals surface area (Å²) >= 11 is 0. The van der Waals surface area contributed by atoms with Gasteiger partial charge in [-0.1, -0.05) is 42.5 Å². The molecule has 8 nitrogen and oxygen atoms in total. The Kier molecular flexibility index (Phi) is 4.69. The van der Waals surface area contributed by atoms with Crippen LogP contribution < -0.4 is 4.74 Å². The molecule has 0 unspecified atom stereocenters. The van der Waals surface area contributed by atoms with Crippen LogP contribution in [0.4, 0.5) is 5.69 Å². The molecule has 146 valence electrons. The second-order valence-corrected chi connectivity index (χ2v) is 6.62. The summed E-state index contributed by atoms with van der Waals surface area (Å²) in [6.07, 6.45) is -1.16. The molecule has 2 amide bonds. The number of fused-ring (bicyclic) bond motifs is 2. The fourth-order valence-corrected chi connectivity index (χ4v) is 3.40. The van der Waals surface area contributed by atoms with Crippen LogP contribution in [0.2, 0.25) is 0 Å². The summed E-state index contributed by atoms with van der Waals surface area (Å²) in [4.78, 5) is 36.3. The van der Waals surface area contributed by atoms with Gasteiger partial charge in [0, 0.05) is 11.5 Å². The third-order valence-electron chi connectivity index (χ3n) is 4.75. The van der Waals surface area contributed by atoms with Gasteiger partial charge in [-0.3, -0.25) is 24.6 Å². The topological polar surface area (TPSA) is 110 Å². The summed E-state index contributed by atoms with van der Waals surface area (Å²) in [5, 5.41) is 23.3. The summed E-state index contributed by atoms with van der Waals surface area (Å²) < 4.78 is 5.69. The molecule has 0 aromatic heterocycles. The molecule has 1 N–H and O–H groups in total. The highest BCUT2D eigenvalue weighted by Crippen LogP contribution is 2.31. The maximum absolute atomic E-state index is 12.6. The standard InChI is InChI=1S/C21H16N2O6/c24-14(12-29-18-10-3-6-13-5-1-2-7-15(13)18)11-22-20(25)16-8-4-9-17(23(27)28)19(16)21(22)26/h1-10,14,24H,11-12H2/t14-/m0/s1. The van der Waals surface area contributed by atoms with Crippen LogP contribution in [0.1, 0.15) is 20.7 Å². The lowest BCUT2D eigenvalue weighted by Crippen LogP contribution is -2.39. The first-order valence-electron chi connectivity index (χ1n) is 8.89. The number of aliphatic hydroxyl groups is 1. The molecule has 0 fully saturated rings. The Bertz CT molecular complexity index is 1140. The number of β-amino-alcohol motifs (C(OH)–C–C–N with tert-alkyl or cyclic N) is 1. The van der Waals surface area contributed by atoms with Gasteiger partial charge in [0.25, 0.3) is 17.5 Å². The fraction of sp³-hybridized carbons (Fsp3) is 0.143.